The average molecular weight is 239 g/mol. The van der Waals surface area contributed by atoms with Crippen molar-refractivity contribution in [1.29, 1.82) is 0 Å². The van der Waals surface area contributed by atoms with Gasteiger partial charge in [0.05, 0.1) is 7.05 Å². The Balaban J connectivity index is 1.87. The highest BCUT2D eigenvalue weighted by Crippen LogP contribution is 2.19. The van der Waals surface area contributed by atoms with Gasteiger partial charge in [-0.1, -0.05) is 6.92 Å². The molecule has 1 saturated heterocycles. The van der Waals surface area contributed by atoms with Crippen molar-refractivity contribution in [1.82, 2.24) is 25.5 Å². The third-order valence-electron chi connectivity index (χ3n) is 3.11. The molecule has 1 aromatic heterocycles. The third-order valence-corrected chi connectivity index (χ3v) is 3.11. The summed E-state index contributed by atoms with van der Waals surface area (Å²) in [4.78, 5) is 1.51. The average Bonchev–Trinajstić information content (AvgIpc) is 2.91. The van der Waals surface area contributed by atoms with Gasteiger partial charge < -0.3 is 10.1 Å². The highest BCUT2D eigenvalue weighted by atomic mass is 16.5. The van der Waals surface area contributed by atoms with E-state index in [1.165, 1.54) is 11.2 Å². The molecule has 2 heterocycles. The van der Waals surface area contributed by atoms with Crippen LogP contribution in [0.3, 0.4) is 0 Å². The molecule has 1 aromatic rings. The van der Waals surface area contributed by atoms with Crippen molar-refractivity contribution in [3.63, 3.8) is 0 Å². The van der Waals surface area contributed by atoms with E-state index in [1.807, 2.05) is 0 Å². The van der Waals surface area contributed by atoms with Crippen molar-refractivity contribution in [3.05, 3.63) is 5.82 Å². The second-order valence-electron chi connectivity index (χ2n) is 4.62. The molecular formula is C11H21N5O. The van der Waals surface area contributed by atoms with E-state index in [-0.39, 0.29) is 0 Å². The molecule has 1 aliphatic rings. The van der Waals surface area contributed by atoms with E-state index in [0.717, 1.165) is 38.4 Å². The second kappa shape index (κ2) is 6.07. The molecule has 96 valence electrons. The molecule has 17 heavy (non-hydrogen) atoms. The maximum atomic E-state index is 5.41. The molecule has 0 amide bonds. The van der Waals surface area contributed by atoms with E-state index < -0.39 is 0 Å². The fourth-order valence-corrected chi connectivity index (χ4v) is 2.32. The van der Waals surface area contributed by atoms with Crippen LogP contribution < -0.4 is 5.32 Å². The van der Waals surface area contributed by atoms with Crippen LogP contribution in [-0.2, 0) is 18.2 Å². The van der Waals surface area contributed by atoms with Gasteiger partial charge in [0, 0.05) is 25.7 Å². The van der Waals surface area contributed by atoms with Crippen molar-refractivity contribution < 1.29 is 4.74 Å². The number of aryl methyl sites for hydroxylation is 1. The highest BCUT2D eigenvalue weighted by molar-refractivity contribution is 4.86. The summed E-state index contributed by atoms with van der Waals surface area (Å²) < 4.78 is 5.41. The van der Waals surface area contributed by atoms with Gasteiger partial charge in [0.15, 0.2) is 5.82 Å². The molecule has 1 fully saturated rings. The van der Waals surface area contributed by atoms with Gasteiger partial charge in [-0.05, 0) is 30.5 Å². The van der Waals surface area contributed by atoms with E-state index in [1.54, 1.807) is 7.05 Å². The normalized spacial score (nSPS) is 21.9. The molecule has 1 aliphatic heterocycles. The molecule has 2 unspecified atom stereocenters. The molecule has 6 heteroatoms. The summed E-state index contributed by atoms with van der Waals surface area (Å²) in [6.07, 6.45) is 3.15. The number of likely N-dealkylation sites (N-methyl/N-ethyl adjacent to an activating group) is 1. The fourth-order valence-electron chi connectivity index (χ4n) is 2.32. The molecule has 0 aromatic carbocycles. The number of nitrogens with one attached hydrogen (secondary N) is 1. The van der Waals surface area contributed by atoms with E-state index in [9.17, 15) is 0 Å². The van der Waals surface area contributed by atoms with Crippen LogP contribution in [0.15, 0.2) is 0 Å². The Bertz CT molecular complexity index is 334. The predicted molar refractivity (Wildman–Crippen MR) is 63.5 cm³/mol. The number of ether oxygens (including phenoxy) is 1. The number of rotatable bonds is 6. The first-order valence-electron chi connectivity index (χ1n) is 6.32. The van der Waals surface area contributed by atoms with Crippen molar-refractivity contribution in [2.45, 2.75) is 32.2 Å². The Morgan fingerprint density at radius 2 is 2.47 bits per heavy atom. The summed E-state index contributed by atoms with van der Waals surface area (Å²) in [6, 6.07) is 0.427. The molecule has 1 N–H and O–H groups in total. The Kier molecular flexibility index (Phi) is 4.44. The first-order valence-corrected chi connectivity index (χ1v) is 6.32. The zero-order valence-corrected chi connectivity index (χ0v) is 10.6. The molecule has 0 saturated carbocycles. The van der Waals surface area contributed by atoms with Gasteiger partial charge in [-0.15, -0.1) is 10.2 Å². The summed E-state index contributed by atoms with van der Waals surface area (Å²) in [6.45, 7) is 4.91. The lowest BCUT2D eigenvalue weighted by Crippen LogP contribution is -2.33. The maximum Gasteiger partial charge on any atom is 0.176 e. The fraction of sp³-hybridized carbons (Fsp3) is 0.909. The molecule has 0 bridgehead atoms. The Hall–Kier alpha value is -1.01. The van der Waals surface area contributed by atoms with E-state index in [2.05, 4.69) is 27.7 Å². The van der Waals surface area contributed by atoms with Gasteiger partial charge in [-0.25, -0.2) is 0 Å². The van der Waals surface area contributed by atoms with Crippen LogP contribution in [0.5, 0.6) is 0 Å². The quantitative estimate of drug-likeness (QED) is 0.766. The first-order chi connectivity index (χ1) is 8.28. The van der Waals surface area contributed by atoms with Crippen molar-refractivity contribution in [2.75, 3.05) is 19.8 Å². The summed E-state index contributed by atoms with van der Waals surface area (Å²) >= 11 is 0. The first kappa shape index (κ1) is 12.4. The highest BCUT2D eigenvalue weighted by Gasteiger charge is 2.21. The number of nitrogens with zero attached hydrogens (tertiary/aromatic N) is 4. The number of aromatic nitrogens is 4. The van der Waals surface area contributed by atoms with Crippen LogP contribution in [0.25, 0.3) is 0 Å². The molecule has 0 spiro atoms. The lowest BCUT2D eigenvalue weighted by molar-refractivity contribution is 0.181. The minimum Gasteiger partial charge on any atom is -0.381 e. The Labute approximate surface area is 102 Å². The van der Waals surface area contributed by atoms with Crippen LogP contribution in [0, 0.1) is 5.92 Å². The topological polar surface area (TPSA) is 64.9 Å². The summed E-state index contributed by atoms with van der Waals surface area (Å²) in [5, 5.41) is 15.6. The van der Waals surface area contributed by atoms with Crippen LogP contribution in [0.2, 0.25) is 0 Å². The monoisotopic (exact) mass is 239 g/mol. The van der Waals surface area contributed by atoms with Crippen molar-refractivity contribution >= 4 is 0 Å². The molecule has 0 aliphatic carbocycles. The van der Waals surface area contributed by atoms with Crippen LogP contribution >= 0.6 is 0 Å². The Morgan fingerprint density at radius 1 is 1.59 bits per heavy atom. The van der Waals surface area contributed by atoms with Gasteiger partial charge in [0.2, 0.25) is 0 Å². The summed E-state index contributed by atoms with van der Waals surface area (Å²) in [5.74, 6) is 1.49. The SMILES string of the molecule is CCNC(Cc1nnn(C)n1)CC1CCOC1. The van der Waals surface area contributed by atoms with Crippen LogP contribution in [-0.4, -0.2) is 46.0 Å². The van der Waals surface area contributed by atoms with Gasteiger partial charge in [0.1, 0.15) is 0 Å². The van der Waals surface area contributed by atoms with Crippen molar-refractivity contribution in [3.8, 4) is 0 Å². The molecule has 2 rings (SSSR count). The zero-order chi connectivity index (χ0) is 12.1. The Morgan fingerprint density at radius 3 is 3.06 bits per heavy atom. The lowest BCUT2D eigenvalue weighted by atomic mass is 9.97. The summed E-state index contributed by atoms with van der Waals surface area (Å²) in [7, 11) is 1.80. The third kappa shape index (κ3) is 3.74. The second-order valence-corrected chi connectivity index (χ2v) is 4.62. The molecular weight excluding hydrogens is 218 g/mol. The zero-order valence-electron chi connectivity index (χ0n) is 10.6. The minimum absolute atomic E-state index is 0.427. The molecule has 2 atom stereocenters. The van der Waals surface area contributed by atoms with E-state index >= 15 is 0 Å². The van der Waals surface area contributed by atoms with Gasteiger partial charge >= 0.3 is 0 Å². The number of hydrogen-bond donors (Lipinski definition) is 1. The largest absolute Gasteiger partial charge is 0.381 e. The predicted octanol–water partition coefficient (Wildman–Crippen LogP) is 0.157. The molecule has 0 radical (unpaired) electrons. The smallest absolute Gasteiger partial charge is 0.176 e. The maximum absolute atomic E-state index is 5.41. The van der Waals surface area contributed by atoms with E-state index in [4.69, 9.17) is 4.74 Å². The number of tetrazole rings is 1. The lowest BCUT2D eigenvalue weighted by Gasteiger charge is -2.19. The standard InChI is InChI=1S/C11H21N5O/c1-3-12-10(6-9-4-5-17-8-9)7-11-13-15-16(2)14-11/h9-10,12H,3-8H2,1-2H3. The van der Waals surface area contributed by atoms with Gasteiger partial charge in [-0.3, -0.25) is 0 Å². The van der Waals surface area contributed by atoms with Gasteiger partial charge in [0.25, 0.3) is 0 Å². The number of hydrogen-bond acceptors (Lipinski definition) is 5. The van der Waals surface area contributed by atoms with E-state index in [0.29, 0.717) is 12.0 Å². The van der Waals surface area contributed by atoms with Crippen LogP contribution in [0.4, 0.5) is 0 Å². The van der Waals surface area contributed by atoms with Crippen LogP contribution in [0.1, 0.15) is 25.6 Å². The molecule has 6 nitrogen and oxygen atoms in total. The minimum atomic E-state index is 0.427. The summed E-state index contributed by atoms with van der Waals surface area (Å²) in [5.41, 5.74) is 0. The van der Waals surface area contributed by atoms with Gasteiger partial charge in [-0.2, -0.15) is 4.80 Å². The van der Waals surface area contributed by atoms with Crippen molar-refractivity contribution in [2.24, 2.45) is 13.0 Å².